The maximum atomic E-state index is 11.9. The average molecular weight is 199 g/mol. The first-order valence-corrected chi connectivity index (χ1v) is 4.91. The fraction of sp³-hybridized carbons (Fsp3) is 0.455. The van der Waals surface area contributed by atoms with Crippen molar-refractivity contribution in [2.75, 3.05) is 13.1 Å². The fourth-order valence-corrected chi connectivity index (χ4v) is 1.24. The predicted molar refractivity (Wildman–Crippen MR) is 53.1 cm³/mol. The number of rotatable bonds is 0. The van der Waals surface area contributed by atoms with Crippen molar-refractivity contribution in [1.82, 2.24) is 5.32 Å². The summed E-state index contributed by atoms with van der Waals surface area (Å²) in [6.45, 7) is 2.50. The molecule has 3 heteroatoms. The highest BCUT2D eigenvalue weighted by Gasteiger charge is 1.94. The summed E-state index contributed by atoms with van der Waals surface area (Å²) in [5.74, 6) is -1.60. The Labute approximate surface area is 83.1 Å². The van der Waals surface area contributed by atoms with Crippen LogP contribution in [0.2, 0.25) is 0 Å². The van der Waals surface area contributed by atoms with E-state index >= 15 is 0 Å². The van der Waals surface area contributed by atoms with Crippen molar-refractivity contribution < 1.29 is 8.78 Å². The van der Waals surface area contributed by atoms with E-state index in [2.05, 4.69) is 5.32 Å². The Hall–Kier alpha value is -0.960. The van der Waals surface area contributed by atoms with Gasteiger partial charge in [0.15, 0.2) is 11.6 Å². The van der Waals surface area contributed by atoms with Crippen LogP contribution in [0.5, 0.6) is 0 Å². The highest BCUT2D eigenvalue weighted by Crippen LogP contribution is 2.01. The van der Waals surface area contributed by atoms with Crippen molar-refractivity contribution >= 4 is 0 Å². The third-order valence-electron chi connectivity index (χ3n) is 2.03. The Morgan fingerprint density at radius 3 is 1.57 bits per heavy atom. The lowest BCUT2D eigenvalue weighted by Crippen LogP contribution is -2.21. The maximum Gasteiger partial charge on any atom is 0.158 e. The van der Waals surface area contributed by atoms with E-state index in [4.69, 9.17) is 0 Å². The summed E-state index contributed by atoms with van der Waals surface area (Å²) in [5.41, 5.74) is 0. The molecular weight excluding hydrogens is 184 g/mol. The largest absolute Gasteiger partial charge is 0.317 e. The van der Waals surface area contributed by atoms with Crippen LogP contribution >= 0.6 is 0 Å². The van der Waals surface area contributed by atoms with Crippen LogP contribution in [0.3, 0.4) is 0 Å². The van der Waals surface area contributed by atoms with Crippen LogP contribution in [0.1, 0.15) is 19.3 Å². The summed E-state index contributed by atoms with van der Waals surface area (Å²) >= 11 is 0. The molecule has 14 heavy (non-hydrogen) atoms. The molecule has 1 fully saturated rings. The van der Waals surface area contributed by atoms with E-state index in [0.29, 0.717) is 0 Å². The van der Waals surface area contributed by atoms with Gasteiger partial charge in [0.1, 0.15) is 0 Å². The molecule has 1 aromatic carbocycles. The van der Waals surface area contributed by atoms with Gasteiger partial charge in [-0.2, -0.15) is 0 Å². The third kappa shape index (κ3) is 4.33. The van der Waals surface area contributed by atoms with Crippen LogP contribution in [0.15, 0.2) is 24.3 Å². The summed E-state index contributed by atoms with van der Waals surface area (Å²) in [4.78, 5) is 0. The first-order chi connectivity index (χ1) is 6.80. The quantitative estimate of drug-likeness (QED) is 0.677. The summed E-state index contributed by atoms with van der Waals surface area (Å²) in [6, 6.07) is 5.04. The first-order valence-electron chi connectivity index (χ1n) is 4.91. The van der Waals surface area contributed by atoms with Gasteiger partial charge in [-0.15, -0.1) is 0 Å². The molecule has 1 aliphatic rings. The Morgan fingerprint density at radius 2 is 1.36 bits per heavy atom. The van der Waals surface area contributed by atoms with Crippen LogP contribution in [0, 0.1) is 11.6 Å². The summed E-state index contributed by atoms with van der Waals surface area (Å²) in [6.07, 6.45) is 4.22. The second-order valence-electron chi connectivity index (χ2n) is 3.22. The van der Waals surface area contributed by atoms with Gasteiger partial charge in [0.25, 0.3) is 0 Å². The third-order valence-corrected chi connectivity index (χ3v) is 2.03. The highest BCUT2D eigenvalue weighted by atomic mass is 19.2. The second kappa shape index (κ2) is 6.49. The Balaban J connectivity index is 0.000000146. The fourth-order valence-electron chi connectivity index (χ4n) is 1.24. The van der Waals surface area contributed by atoms with E-state index in [1.54, 1.807) is 0 Å². The topological polar surface area (TPSA) is 12.0 Å². The number of nitrogens with one attached hydrogen (secondary N) is 1. The lowest BCUT2D eigenvalue weighted by molar-refractivity contribution is 0.508. The molecular formula is C11H15F2N. The molecule has 0 spiro atoms. The van der Waals surface area contributed by atoms with Crippen molar-refractivity contribution in [2.45, 2.75) is 19.3 Å². The van der Waals surface area contributed by atoms with Crippen LogP contribution < -0.4 is 5.32 Å². The van der Waals surface area contributed by atoms with Crippen molar-refractivity contribution in [2.24, 2.45) is 0 Å². The van der Waals surface area contributed by atoms with Crippen molar-refractivity contribution in [1.29, 1.82) is 0 Å². The molecule has 1 aliphatic heterocycles. The molecule has 1 heterocycles. The van der Waals surface area contributed by atoms with E-state index in [0.717, 1.165) is 12.1 Å². The zero-order valence-corrected chi connectivity index (χ0v) is 8.10. The van der Waals surface area contributed by atoms with E-state index in [1.165, 1.54) is 44.5 Å². The number of piperidine rings is 1. The molecule has 0 atom stereocenters. The van der Waals surface area contributed by atoms with Gasteiger partial charge in [-0.3, -0.25) is 0 Å². The van der Waals surface area contributed by atoms with Crippen molar-refractivity contribution in [3.05, 3.63) is 35.9 Å². The lowest BCUT2D eigenvalue weighted by Gasteiger charge is -2.08. The van der Waals surface area contributed by atoms with Gasteiger partial charge in [0, 0.05) is 0 Å². The van der Waals surface area contributed by atoms with Gasteiger partial charge in [-0.1, -0.05) is 18.6 Å². The van der Waals surface area contributed by atoms with E-state index in [9.17, 15) is 8.78 Å². The second-order valence-corrected chi connectivity index (χ2v) is 3.22. The molecule has 0 unspecified atom stereocenters. The van der Waals surface area contributed by atoms with Gasteiger partial charge in [0.2, 0.25) is 0 Å². The molecule has 0 aromatic heterocycles. The molecule has 1 N–H and O–H groups in total. The maximum absolute atomic E-state index is 11.9. The standard InChI is InChI=1S/C6H4F2.C5H11N/c7-5-3-1-2-4-6(5)8;1-2-4-6-5-3-1/h1-4H;6H,1-5H2. The molecule has 0 radical (unpaired) electrons. The SMILES string of the molecule is C1CCNCC1.Fc1ccccc1F. The van der Waals surface area contributed by atoms with E-state index in [-0.39, 0.29) is 0 Å². The minimum absolute atomic E-state index is 0.799. The molecule has 0 bridgehead atoms. The van der Waals surface area contributed by atoms with Gasteiger partial charge in [0.05, 0.1) is 0 Å². The Kier molecular flexibility index (Phi) is 5.15. The summed E-state index contributed by atoms with van der Waals surface area (Å²) < 4.78 is 23.9. The molecule has 0 aliphatic carbocycles. The van der Waals surface area contributed by atoms with Crippen molar-refractivity contribution in [3.8, 4) is 0 Å². The number of hydrogen-bond acceptors (Lipinski definition) is 1. The van der Waals surface area contributed by atoms with Gasteiger partial charge >= 0.3 is 0 Å². The highest BCUT2D eigenvalue weighted by molar-refractivity contribution is 5.05. The van der Waals surface area contributed by atoms with E-state index < -0.39 is 11.6 Å². The molecule has 0 amide bonds. The minimum atomic E-state index is -0.799. The zero-order valence-electron chi connectivity index (χ0n) is 8.10. The zero-order chi connectivity index (χ0) is 10.2. The molecule has 1 nitrogen and oxygen atoms in total. The van der Waals surface area contributed by atoms with Gasteiger partial charge in [-0.05, 0) is 38.1 Å². The Morgan fingerprint density at radius 1 is 0.857 bits per heavy atom. The average Bonchev–Trinajstić information content (AvgIpc) is 2.26. The normalized spacial score (nSPS) is 15.6. The predicted octanol–water partition coefficient (Wildman–Crippen LogP) is 2.72. The first kappa shape index (κ1) is 11.1. The summed E-state index contributed by atoms with van der Waals surface area (Å²) in [5, 5.41) is 3.28. The summed E-state index contributed by atoms with van der Waals surface area (Å²) in [7, 11) is 0. The van der Waals surface area contributed by atoms with Crippen LogP contribution in [0.4, 0.5) is 8.78 Å². The van der Waals surface area contributed by atoms with Gasteiger partial charge < -0.3 is 5.32 Å². The van der Waals surface area contributed by atoms with E-state index in [1.807, 2.05) is 0 Å². The Bertz CT molecular complexity index is 227. The molecule has 1 saturated heterocycles. The smallest absolute Gasteiger partial charge is 0.158 e. The lowest BCUT2D eigenvalue weighted by atomic mass is 10.2. The van der Waals surface area contributed by atoms with Crippen LogP contribution in [-0.2, 0) is 0 Å². The molecule has 78 valence electrons. The minimum Gasteiger partial charge on any atom is -0.317 e. The van der Waals surface area contributed by atoms with Crippen LogP contribution in [-0.4, -0.2) is 13.1 Å². The number of halogens is 2. The monoisotopic (exact) mass is 199 g/mol. The molecule has 2 rings (SSSR count). The number of hydrogen-bond donors (Lipinski definition) is 1. The number of benzene rings is 1. The molecule has 0 saturated carbocycles. The molecule has 1 aromatic rings. The van der Waals surface area contributed by atoms with Crippen LogP contribution in [0.25, 0.3) is 0 Å². The van der Waals surface area contributed by atoms with Gasteiger partial charge in [-0.25, -0.2) is 8.78 Å². The van der Waals surface area contributed by atoms with Crippen molar-refractivity contribution in [3.63, 3.8) is 0 Å².